The van der Waals surface area contributed by atoms with E-state index in [9.17, 15) is 4.79 Å². The Bertz CT molecular complexity index is 532. The fourth-order valence-corrected chi connectivity index (χ4v) is 2.77. The molecule has 0 aliphatic heterocycles. The van der Waals surface area contributed by atoms with E-state index >= 15 is 0 Å². The highest BCUT2D eigenvalue weighted by atomic mass is 16.3. The van der Waals surface area contributed by atoms with E-state index in [-0.39, 0.29) is 10.8 Å². The maximum atomic E-state index is 12.3. The van der Waals surface area contributed by atoms with E-state index in [1.165, 1.54) is 0 Å². The van der Waals surface area contributed by atoms with Crippen molar-refractivity contribution in [3.05, 3.63) is 45.0 Å². The Morgan fingerprint density at radius 2 is 1.81 bits per heavy atom. The van der Waals surface area contributed by atoms with E-state index in [4.69, 9.17) is 4.42 Å². The summed E-state index contributed by atoms with van der Waals surface area (Å²) in [5.74, 6) is 1.83. The number of rotatable bonds is 0. The maximum Gasteiger partial charge on any atom is 0.192 e. The van der Waals surface area contributed by atoms with Gasteiger partial charge in [-0.05, 0) is 18.3 Å². The van der Waals surface area contributed by atoms with Crippen molar-refractivity contribution in [1.29, 1.82) is 0 Å². The maximum absolute atomic E-state index is 12.3. The quantitative estimate of drug-likeness (QED) is 0.623. The number of hydrogen-bond donors (Lipinski definition) is 0. The van der Waals surface area contributed by atoms with Crippen LogP contribution in [0.3, 0.4) is 0 Å². The zero-order valence-corrected chi connectivity index (χ0v) is 9.80. The third kappa shape index (κ3) is 1.36. The molecule has 0 N–H and O–H groups in total. The summed E-state index contributed by atoms with van der Waals surface area (Å²) in [4.78, 5) is 12.3. The van der Waals surface area contributed by atoms with Gasteiger partial charge in [0.1, 0.15) is 11.5 Å². The molecule has 0 amide bonds. The molecule has 1 heterocycles. The number of allylic oxidation sites excluding steroid dienone is 2. The Balaban J connectivity index is 2.20. The van der Waals surface area contributed by atoms with Gasteiger partial charge in [0.15, 0.2) is 5.43 Å². The lowest BCUT2D eigenvalue weighted by molar-refractivity contribution is 0.361. The molecule has 2 heteroatoms. The molecule has 0 spiro atoms. The van der Waals surface area contributed by atoms with Crippen LogP contribution in [-0.2, 0) is 25.7 Å². The molecule has 84 valence electrons. The van der Waals surface area contributed by atoms with Crippen LogP contribution in [0.2, 0.25) is 0 Å². The Hall–Kier alpha value is -1.31. The van der Waals surface area contributed by atoms with Gasteiger partial charge >= 0.3 is 0 Å². The van der Waals surface area contributed by atoms with Crippen LogP contribution < -0.4 is 5.43 Å². The van der Waals surface area contributed by atoms with Gasteiger partial charge in [0.05, 0.1) is 0 Å². The van der Waals surface area contributed by atoms with Crippen LogP contribution in [0, 0.1) is 5.41 Å². The zero-order chi connectivity index (χ0) is 11.3. The van der Waals surface area contributed by atoms with E-state index in [1.807, 2.05) is 0 Å². The van der Waals surface area contributed by atoms with E-state index in [0.717, 1.165) is 48.3 Å². The molecule has 2 aliphatic carbocycles. The summed E-state index contributed by atoms with van der Waals surface area (Å²) in [6.45, 7) is 4.39. The van der Waals surface area contributed by atoms with Gasteiger partial charge in [0, 0.05) is 24.0 Å². The summed E-state index contributed by atoms with van der Waals surface area (Å²) in [5, 5.41) is 0. The Morgan fingerprint density at radius 1 is 1.06 bits per heavy atom. The highest BCUT2D eigenvalue weighted by Crippen LogP contribution is 2.35. The highest BCUT2D eigenvalue weighted by molar-refractivity contribution is 5.36. The van der Waals surface area contributed by atoms with Crippen LogP contribution in [0.5, 0.6) is 0 Å². The molecule has 3 rings (SSSR count). The zero-order valence-electron chi connectivity index (χ0n) is 9.80. The van der Waals surface area contributed by atoms with Crippen LogP contribution in [0.25, 0.3) is 0 Å². The van der Waals surface area contributed by atoms with Crippen LogP contribution in [0.15, 0.2) is 21.4 Å². The molecule has 2 nitrogen and oxygen atoms in total. The molecule has 0 fully saturated rings. The van der Waals surface area contributed by atoms with Gasteiger partial charge in [-0.3, -0.25) is 4.79 Å². The molecule has 0 unspecified atom stereocenters. The molecule has 0 atom stereocenters. The molecule has 16 heavy (non-hydrogen) atoms. The SMILES string of the molecule is CC1(C)Cc2oc3c(c(=O)c2C1)CC=CC3. The third-order valence-electron chi connectivity index (χ3n) is 3.55. The molecule has 1 aromatic rings. The second-order valence-corrected chi connectivity index (χ2v) is 5.63. The number of fused-ring (bicyclic) bond motifs is 2. The molecule has 1 aromatic heterocycles. The Kier molecular flexibility index (Phi) is 1.91. The summed E-state index contributed by atoms with van der Waals surface area (Å²) >= 11 is 0. The van der Waals surface area contributed by atoms with Gasteiger partial charge in [-0.2, -0.15) is 0 Å². The van der Waals surface area contributed by atoms with Crippen LogP contribution in [0.4, 0.5) is 0 Å². The second-order valence-electron chi connectivity index (χ2n) is 5.63. The highest BCUT2D eigenvalue weighted by Gasteiger charge is 2.34. The minimum absolute atomic E-state index is 0.183. The van der Waals surface area contributed by atoms with Gasteiger partial charge in [-0.1, -0.05) is 26.0 Å². The smallest absolute Gasteiger partial charge is 0.192 e. The molecule has 0 aromatic carbocycles. The molecule has 0 saturated carbocycles. The normalized spacial score (nSPS) is 20.6. The monoisotopic (exact) mass is 216 g/mol. The van der Waals surface area contributed by atoms with E-state index in [2.05, 4.69) is 26.0 Å². The first-order valence-electron chi connectivity index (χ1n) is 5.88. The first-order chi connectivity index (χ1) is 7.57. The second kappa shape index (κ2) is 3.09. The van der Waals surface area contributed by atoms with E-state index in [1.54, 1.807) is 0 Å². The van der Waals surface area contributed by atoms with Crippen molar-refractivity contribution >= 4 is 0 Å². The Morgan fingerprint density at radius 3 is 2.62 bits per heavy atom. The van der Waals surface area contributed by atoms with Gasteiger partial charge in [-0.25, -0.2) is 0 Å². The summed E-state index contributed by atoms with van der Waals surface area (Å²) in [7, 11) is 0. The molecule has 0 bridgehead atoms. The molecule has 2 aliphatic rings. The molecular formula is C14H16O2. The lowest BCUT2D eigenvalue weighted by Crippen LogP contribution is -2.19. The largest absolute Gasteiger partial charge is 0.465 e. The third-order valence-corrected chi connectivity index (χ3v) is 3.55. The standard InChI is InChI=1S/C14H16O2/c1-14(2)7-10-12(8-14)16-11-6-4-3-5-9(11)13(10)15/h3-4H,5-8H2,1-2H3. The fraction of sp³-hybridized carbons (Fsp3) is 0.500. The fourth-order valence-electron chi connectivity index (χ4n) is 2.77. The van der Waals surface area contributed by atoms with Crippen LogP contribution >= 0.6 is 0 Å². The van der Waals surface area contributed by atoms with Gasteiger partial charge < -0.3 is 4.42 Å². The predicted octanol–water partition coefficient (Wildman–Crippen LogP) is 2.42. The van der Waals surface area contributed by atoms with Gasteiger partial charge in [0.2, 0.25) is 0 Å². The van der Waals surface area contributed by atoms with Crippen molar-refractivity contribution in [2.24, 2.45) is 5.41 Å². The summed E-state index contributed by atoms with van der Waals surface area (Å²) in [6, 6.07) is 0. The Labute approximate surface area is 95.0 Å². The van der Waals surface area contributed by atoms with Crippen molar-refractivity contribution in [3.63, 3.8) is 0 Å². The van der Waals surface area contributed by atoms with Gasteiger partial charge in [-0.15, -0.1) is 0 Å². The lowest BCUT2D eigenvalue weighted by atomic mass is 9.90. The lowest BCUT2D eigenvalue weighted by Gasteiger charge is -2.13. The van der Waals surface area contributed by atoms with Crippen molar-refractivity contribution < 1.29 is 4.42 Å². The number of hydrogen-bond acceptors (Lipinski definition) is 2. The first-order valence-corrected chi connectivity index (χ1v) is 5.88. The van der Waals surface area contributed by atoms with Crippen molar-refractivity contribution in [2.45, 2.75) is 39.5 Å². The van der Waals surface area contributed by atoms with E-state index in [0.29, 0.717) is 0 Å². The van der Waals surface area contributed by atoms with E-state index < -0.39 is 0 Å². The van der Waals surface area contributed by atoms with Crippen LogP contribution in [0.1, 0.15) is 36.5 Å². The first kappa shape index (κ1) is 9.88. The predicted molar refractivity (Wildman–Crippen MR) is 62.7 cm³/mol. The summed E-state index contributed by atoms with van der Waals surface area (Å²) in [6.07, 6.45) is 7.42. The summed E-state index contributed by atoms with van der Waals surface area (Å²) in [5.41, 5.74) is 2.24. The van der Waals surface area contributed by atoms with Crippen molar-refractivity contribution in [2.75, 3.05) is 0 Å². The average Bonchev–Trinajstić information content (AvgIpc) is 2.53. The topological polar surface area (TPSA) is 30.2 Å². The van der Waals surface area contributed by atoms with Crippen molar-refractivity contribution in [1.82, 2.24) is 0 Å². The molecular weight excluding hydrogens is 200 g/mol. The summed E-state index contributed by atoms with van der Waals surface area (Å²) < 4.78 is 5.91. The van der Waals surface area contributed by atoms with Gasteiger partial charge in [0.25, 0.3) is 0 Å². The average molecular weight is 216 g/mol. The van der Waals surface area contributed by atoms with Crippen LogP contribution in [-0.4, -0.2) is 0 Å². The molecule has 0 radical (unpaired) electrons. The molecule has 0 saturated heterocycles. The minimum Gasteiger partial charge on any atom is -0.465 e. The van der Waals surface area contributed by atoms with Crippen molar-refractivity contribution in [3.8, 4) is 0 Å². The minimum atomic E-state index is 0.183.